The number of ether oxygens (including phenoxy) is 1. The van der Waals surface area contributed by atoms with Crippen molar-refractivity contribution in [3.8, 4) is 5.75 Å². The molecule has 1 aromatic heterocycles. The molecule has 130 valence electrons. The molecule has 1 heterocycles. The molecule has 6 heteroatoms. The van der Waals surface area contributed by atoms with E-state index in [9.17, 15) is 0 Å². The molecule has 1 aliphatic rings. The summed E-state index contributed by atoms with van der Waals surface area (Å²) < 4.78 is 5.46. The average molecular weight is 432 g/mol. The van der Waals surface area contributed by atoms with Gasteiger partial charge in [0.05, 0.1) is 19.3 Å². The van der Waals surface area contributed by atoms with Crippen molar-refractivity contribution in [2.45, 2.75) is 59.0 Å². The minimum Gasteiger partial charge on any atom is -0.496 e. The lowest BCUT2D eigenvalue weighted by Gasteiger charge is -2.17. The molecular weight excluding hydrogens is 403 g/mol. The highest BCUT2D eigenvalue weighted by atomic mass is 127. The van der Waals surface area contributed by atoms with E-state index in [2.05, 4.69) is 27.5 Å². The first-order valence-corrected chi connectivity index (χ1v) is 8.19. The number of hydrogen-bond donors (Lipinski definition) is 2. The van der Waals surface area contributed by atoms with Crippen molar-refractivity contribution in [1.29, 1.82) is 0 Å². The van der Waals surface area contributed by atoms with Gasteiger partial charge in [-0.15, -0.1) is 24.0 Å². The second kappa shape index (κ2) is 9.95. The van der Waals surface area contributed by atoms with E-state index in [0.717, 1.165) is 35.1 Å². The normalized spacial score (nSPS) is 15.2. The smallest absolute Gasteiger partial charge is 0.191 e. The predicted octanol–water partition coefficient (Wildman–Crippen LogP) is 3.32. The van der Waals surface area contributed by atoms with Gasteiger partial charge in [-0.05, 0) is 33.6 Å². The summed E-state index contributed by atoms with van der Waals surface area (Å²) in [6, 6.07) is 0.555. The van der Waals surface area contributed by atoms with Crippen LogP contribution in [-0.4, -0.2) is 30.6 Å². The van der Waals surface area contributed by atoms with Crippen LogP contribution in [0, 0.1) is 13.8 Å². The van der Waals surface area contributed by atoms with Crippen molar-refractivity contribution in [2.75, 3.05) is 13.7 Å². The minimum atomic E-state index is 0. The van der Waals surface area contributed by atoms with E-state index in [1.54, 1.807) is 7.11 Å². The molecule has 23 heavy (non-hydrogen) atoms. The SMILES string of the molecule is CCNC(=NCc1ncc(C)c(OC)c1C)NC1CCCC1.I. The third-order valence-electron chi connectivity index (χ3n) is 4.18. The summed E-state index contributed by atoms with van der Waals surface area (Å²) >= 11 is 0. The third kappa shape index (κ3) is 5.51. The summed E-state index contributed by atoms with van der Waals surface area (Å²) in [7, 11) is 1.70. The molecule has 0 radical (unpaired) electrons. The number of halogens is 1. The van der Waals surface area contributed by atoms with Crippen LogP contribution < -0.4 is 15.4 Å². The van der Waals surface area contributed by atoms with E-state index in [1.807, 2.05) is 20.0 Å². The Bertz CT molecular complexity index is 528. The first-order valence-electron chi connectivity index (χ1n) is 8.19. The topological polar surface area (TPSA) is 58.5 Å². The zero-order valence-electron chi connectivity index (χ0n) is 14.6. The summed E-state index contributed by atoms with van der Waals surface area (Å²) in [5.74, 6) is 1.80. The van der Waals surface area contributed by atoms with Gasteiger partial charge in [0, 0.05) is 29.9 Å². The minimum absolute atomic E-state index is 0. The first kappa shape index (κ1) is 20.0. The van der Waals surface area contributed by atoms with Crippen molar-refractivity contribution >= 4 is 29.9 Å². The van der Waals surface area contributed by atoms with Crippen LogP contribution in [0.2, 0.25) is 0 Å². The van der Waals surface area contributed by atoms with E-state index < -0.39 is 0 Å². The highest BCUT2D eigenvalue weighted by molar-refractivity contribution is 14.0. The Morgan fingerprint density at radius 2 is 2.04 bits per heavy atom. The zero-order valence-corrected chi connectivity index (χ0v) is 16.9. The number of aliphatic imine (C=N–C) groups is 1. The molecule has 1 fully saturated rings. The molecule has 0 amide bonds. The molecule has 0 spiro atoms. The molecule has 1 saturated carbocycles. The summed E-state index contributed by atoms with van der Waals surface area (Å²) in [5.41, 5.74) is 3.10. The van der Waals surface area contributed by atoms with Crippen LogP contribution in [0.15, 0.2) is 11.2 Å². The van der Waals surface area contributed by atoms with Gasteiger partial charge in [0.1, 0.15) is 5.75 Å². The average Bonchev–Trinajstić information content (AvgIpc) is 3.00. The molecule has 0 unspecified atom stereocenters. The van der Waals surface area contributed by atoms with E-state index in [4.69, 9.17) is 4.74 Å². The monoisotopic (exact) mass is 432 g/mol. The molecule has 2 rings (SSSR count). The Morgan fingerprint density at radius 3 is 2.65 bits per heavy atom. The van der Waals surface area contributed by atoms with Crippen LogP contribution in [0.25, 0.3) is 0 Å². The molecule has 1 aromatic rings. The van der Waals surface area contributed by atoms with Crippen molar-refractivity contribution in [3.05, 3.63) is 23.0 Å². The Hall–Kier alpha value is -1.05. The fourth-order valence-corrected chi connectivity index (χ4v) is 2.97. The van der Waals surface area contributed by atoms with E-state index in [1.165, 1.54) is 25.7 Å². The van der Waals surface area contributed by atoms with Gasteiger partial charge in [-0.1, -0.05) is 12.8 Å². The number of hydrogen-bond acceptors (Lipinski definition) is 3. The van der Waals surface area contributed by atoms with Crippen LogP contribution in [0.5, 0.6) is 5.75 Å². The van der Waals surface area contributed by atoms with Crippen molar-refractivity contribution in [3.63, 3.8) is 0 Å². The predicted molar refractivity (Wildman–Crippen MR) is 106 cm³/mol. The number of nitrogens with zero attached hydrogens (tertiary/aromatic N) is 2. The van der Waals surface area contributed by atoms with Crippen LogP contribution in [-0.2, 0) is 6.54 Å². The van der Waals surface area contributed by atoms with Gasteiger partial charge in [-0.3, -0.25) is 4.98 Å². The fourth-order valence-electron chi connectivity index (χ4n) is 2.97. The van der Waals surface area contributed by atoms with E-state index >= 15 is 0 Å². The zero-order chi connectivity index (χ0) is 15.9. The molecular formula is C17H29IN4O. The summed E-state index contributed by atoms with van der Waals surface area (Å²) in [4.78, 5) is 9.20. The summed E-state index contributed by atoms with van der Waals surface area (Å²) in [6.45, 7) is 7.57. The van der Waals surface area contributed by atoms with Gasteiger partial charge in [0.25, 0.3) is 0 Å². The fraction of sp³-hybridized carbons (Fsp3) is 0.647. The molecule has 0 aliphatic heterocycles. The lowest BCUT2D eigenvalue weighted by molar-refractivity contribution is 0.407. The lowest BCUT2D eigenvalue weighted by atomic mass is 10.1. The molecule has 0 aromatic carbocycles. The number of nitrogens with one attached hydrogen (secondary N) is 2. The molecule has 2 N–H and O–H groups in total. The number of methoxy groups -OCH3 is 1. The highest BCUT2D eigenvalue weighted by Gasteiger charge is 2.16. The van der Waals surface area contributed by atoms with Gasteiger partial charge in [-0.25, -0.2) is 4.99 Å². The highest BCUT2D eigenvalue weighted by Crippen LogP contribution is 2.24. The maximum absolute atomic E-state index is 5.46. The van der Waals surface area contributed by atoms with Gasteiger partial charge in [0.2, 0.25) is 0 Å². The quantitative estimate of drug-likeness (QED) is 0.426. The maximum Gasteiger partial charge on any atom is 0.191 e. The van der Waals surface area contributed by atoms with Gasteiger partial charge < -0.3 is 15.4 Å². The second-order valence-electron chi connectivity index (χ2n) is 5.87. The van der Waals surface area contributed by atoms with Gasteiger partial charge >= 0.3 is 0 Å². The first-order chi connectivity index (χ1) is 10.7. The molecule has 5 nitrogen and oxygen atoms in total. The number of rotatable bonds is 5. The Kier molecular flexibility index (Phi) is 8.65. The van der Waals surface area contributed by atoms with Gasteiger partial charge in [-0.2, -0.15) is 0 Å². The van der Waals surface area contributed by atoms with Crippen LogP contribution in [0.4, 0.5) is 0 Å². The largest absolute Gasteiger partial charge is 0.496 e. The van der Waals surface area contributed by atoms with Crippen molar-refractivity contribution in [1.82, 2.24) is 15.6 Å². The lowest BCUT2D eigenvalue weighted by Crippen LogP contribution is -2.42. The van der Waals surface area contributed by atoms with Gasteiger partial charge in [0.15, 0.2) is 5.96 Å². The van der Waals surface area contributed by atoms with Crippen molar-refractivity contribution in [2.24, 2.45) is 4.99 Å². The number of aryl methyl sites for hydroxylation is 1. The Labute approximate surface area is 156 Å². The van der Waals surface area contributed by atoms with Crippen molar-refractivity contribution < 1.29 is 4.74 Å². The van der Waals surface area contributed by atoms with Crippen LogP contribution in [0.3, 0.4) is 0 Å². The Morgan fingerprint density at radius 1 is 1.35 bits per heavy atom. The molecule has 0 saturated heterocycles. The summed E-state index contributed by atoms with van der Waals surface area (Å²) in [5, 5.41) is 6.85. The number of guanidine groups is 1. The Balaban J connectivity index is 0.00000264. The molecule has 0 atom stereocenters. The molecule has 0 bridgehead atoms. The third-order valence-corrected chi connectivity index (χ3v) is 4.18. The van der Waals surface area contributed by atoms with E-state index in [-0.39, 0.29) is 24.0 Å². The van der Waals surface area contributed by atoms with Crippen LogP contribution in [0.1, 0.15) is 49.4 Å². The standard InChI is InChI=1S/C17H28N4O.HI/c1-5-18-17(21-14-8-6-7-9-14)20-11-15-13(3)16(22-4)12(2)10-19-15;/h10,14H,5-9,11H2,1-4H3,(H2,18,20,21);1H. The number of aromatic nitrogens is 1. The van der Waals surface area contributed by atoms with Crippen LogP contribution >= 0.6 is 24.0 Å². The maximum atomic E-state index is 5.46. The van der Waals surface area contributed by atoms with E-state index in [0.29, 0.717) is 12.6 Å². The summed E-state index contributed by atoms with van der Waals surface area (Å²) in [6.07, 6.45) is 6.95. The number of pyridine rings is 1. The second-order valence-corrected chi connectivity index (χ2v) is 5.87. The molecule has 1 aliphatic carbocycles.